The molecule has 28 heavy (non-hydrogen) atoms. The van der Waals surface area contributed by atoms with Gasteiger partial charge < -0.3 is 20.7 Å². The van der Waals surface area contributed by atoms with E-state index in [1.165, 1.54) is 6.26 Å². The van der Waals surface area contributed by atoms with Crippen molar-refractivity contribution in [2.24, 2.45) is 4.99 Å². The lowest BCUT2D eigenvalue weighted by Gasteiger charge is -2.34. The van der Waals surface area contributed by atoms with Crippen LogP contribution in [0, 0.1) is 0 Å². The van der Waals surface area contributed by atoms with Gasteiger partial charge in [0, 0.05) is 19.3 Å². The molecule has 0 aromatic heterocycles. The molecule has 0 aliphatic rings. The largest absolute Gasteiger partial charge is 0.444 e. The van der Waals surface area contributed by atoms with Crippen molar-refractivity contribution in [3.63, 3.8) is 0 Å². The molecule has 0 atom stereocenters. The average Bonchev–Trinajstić information content (AvgIpc) is 2.53. The molecule has 0 radical (unpaired) electrons. The lowest BCUT2D eigenvalue weighted by Crippen LogP contribution is -2.57. The third kappa shape index (κ3) is 9.12. The number of amides is 1. The topological polar surface area (TPSA) is 109 Å². The van der Waals surface area contributed by atoms with Crippen molar-refractivity contribution in [3.05, 3.63) is 0 Å². The van der Waals surface area contributed by atoms with Crippen LogP contribution in [0.1, 0.15) is 68.2 Å². The van der Waals surface area contributed by atoms with E-state index in [4.69, 9.17) is 4.74 Å². The summed E-state index contributed by atoms with van der Waals surface area (Å²) in [6, 6.07) is 0. The molecule has 9 heteroatoms. The highest BCUT2D eigenvalue weighted by Gasteiger charge is 2.32. The smallest absolute Gasteiger partial charge is 0.408 e. The molecule has 0 aliphatic heterocycles. The Bertz CT molecular complexity index is 633. The second-order valence-corrected chi connectivity index (χ2v) is 11.3. The number of ether oxygens (including phenoxy) is 1. The van der Waals surface area contributed by atoms with Crippen LogP contribution in [0.15, 0.2) is 4.99 Å². The number of nitrogens with one attached hydrogen (secondary N) is 3. The Balaban J connectivity index is 5.26. The van der Waals surface area contributed by atoms with E-state index >= 15 is 0 Å². The number of carbonyl (C=O) groups excluding carboxylic acids is 1. The maximum Gasteiger partial charge on any atom is 0.408 e. The quantitative estimate of drug-likeness (QED) is 0.390. The van der Waals surface area contributed by atoms with Gasteiger partial charge in [0.1, 0.15) is 5.60 Å². The molecule has 0 aliphatic carbocycles. The zero-order valence-corrected chi connectivity index (χ0v) is 19.8. The number of nitrogens with zero attached hydrogens (tertiary/aromatic N) is 1. The minimum Gasteiger partial charge on any atom is -0.444 e. The molecular formula is C19H40N4O4S. The zero-order chi connectivity index (χ0) is 22.2. The summed E-state index contributed by atoms with van der Waals surface area (Å²) in [4.78, 5) is 16.7. The van der Waals surface area contributed by atoms with Gasteiger partial charge in [0.2, 0.25) is 0 Å². The predicted molar refractivity (Wildman–Crippen MR) is 116 cm³/mol. The molecule has 0 unspecified atom stereocenters. The third-order valence-corrected chi connectivity index (χ3v) is 6.82. The van der Waals surface area contributed by atoms with Crippen LogP contribution in [0.2, 0.25) is 0 Å². The van der Waals surface area contributed by atoms with E-state index in [0.717, 1.165) is 0 Å². The molecule has 0 aromatic rings. The summed E-state index contributed by atoms with van der Waals surface area (Å²) in [6.45, 7) is 15.9. The van der Waals surface area contributed by atoms with Crippen molar-refractivity contribution < 1.29 is 17.9 Å². The summed E-state index contributed by atoms with van der Waals surface area (Å²) in [5.74, 6) is 0.511. The van der Waals surface area contributed by atoms with E-state index in [2.05, 4.69) is 20.9 Å². The number of hydrogen-bond acceptors (Lipinski definition) is 5. The predicted octanol–water partition coefficient (Wildman–Crippen LogP) is 2.45. The normalized spacial score (nSPS) is 13.8. The van der Waals surface area contributed by atoms with Gasteiger partial charge in [0.25, 0.3) is 0 Å². The summed E-state index contributed by atoms with van der Waals surface area (Å²) >= 11 is 0. The number of alkyl carbamates (subject to hydrolysis) is 1. The van der Waals surface area contributed by atoms with Crippen LogP contribution in [-0.2, 0) is 14.6 Å². The Morgan fingerprint density at radius 2 is 1.54 bits per heavy atom. The van der Waals surface area contributed by atoms with Crippen LogP contribution >= 0.6 is 0 Å². The van der Waals surface area contributed by atoms with Crippen molar-refractivity contribution in [1.29, 1.82) is 0 Å². The monoisotopic (exact) mass is 420 g/mol. The molecule has 8 nitrogen and oxygen atoms in total. The molecule has 0 saturated carbocycles. The molecule has 0 fully saturated rings. The fourth-order valence-corrected chi connectivity index (χ4v) is 2.52. The molecule has 1 amide bonds. The number of rotatable bonds is 9. The molecular weight excluding hydrogens is 380 g/mol. The standard InChI is InChI=1S/C19H40N4O4S/c1-10-19(11-2,23-16(24)27-17(4,5)6)14-22-15(20-12-3)21-13-18(7,8)28(9,25)26/h10-14H2,1-9H3,(H,23,24)(H2,20,21,22). The molecule has 0 rings (SSSR count). The van der Waals surface area contributed by atoms with Crippen molar-refractivity contribution >= 4 is 21.9 Å². The van der Waals surface area contributed by atoms with E-state index < -0.39 is 31.8 Å². The van der Waals surface area contributed by atoms with Crippen molar-refractivity contribution in [1.82, 2.24) is 16.0 Å². The second-order valence-electron chi connectivity index (χ2n) is 8.69. The molecule has 3 N–H and O–H groups in total. The van der Waals surface area contributed by atoms with E-state index in [9.17, 15) is 13.2 Å². The Hall–Kier alpha value is -1.51. The van der Waals surface area contributed by atoms with Gasteiger partial charge in [-0.1, -0.05) is 13.8 Å². The van der Waals surface area contributed by atoms with Gasteiger partial charge >= 0.3 is 6.09 Å². The molecule has 166 valence electrons. The highest BCUT2D eigenvalue weighted by atomic mass is 32.2. The first-order valence-electron chi connectivity index (χ1n) is 9.84. The lowest BCUT2D eigenvalue weighted by molar-refractivity contribution is 0.0448. The van der Waals surface area contributed by atoms with Crippen LogP contribution in [-0.4, -0.2) is 62.2 Å². The molecule has 0 saturated heterocycles. The molecule has 0 bridgehead atoms. The Morgan fingerprint density at radius 1 is 1.00 bits per heavy atom. The minimum atomic E-state index is -3.24. The van der Waals surface area contributed by atoms with Gasteiger partial charge in [0.05, 0.1) is 16.8 Å². The summed E-state index contributed by atoms with van der Waals surface area (Å²) in [6.07, 6.45) is 2.15. The van der Waals surface area contributed by atoms with Crippen LogP contribution in [0.5, 0.6) is 0 Å². The molecule has 0 spiro atoms. The van der Waals surface area contributed by atoms with Crippen LogP contribution < -0.4 is 16.0 Å². The van der Waals surface area contributed by atoms with E-state index in [1.54, 1.807) is 13.8 Å². The first-order valence-corrected chi connectivity index (χ1v) is 11.7. The first-order chi connectivity index (χ1) is 12.6. The third-order valence-electron chi connectivity index (χ3n) is 4.68. The van der Waals surface area contributed by atoms with E-state index in [1.807, 2.05) is 41.5 Å². The fraction of sp³-hybridized carbons (Fsp3) is 0.895. The Kier molecular flexibility index (Phi) is 9.76. The van der Waals surface area contributed by atoms with Crippen molar-refractivity contribution in [2.75, 3.05) is 25.9 Å². The minimum absolute atomic E-state index is 0.131. The summed E-state index contributed by atoms with van der Waals surface area (Å²) in [5.41, 5.74) is -1.08. The second kappa shape index (κ2) is 10.3. The van der Waals surface area contributed by atoms with Gasteiger partial charge in [-0.05, 0) is 54.4 Å². The number of carbonyl (C=O) groups is 1. The Labute approximate surface area is 171 Å². The average molecular weight is 421 g/mol. The highest BCUT2D eigenvalue weighted by Crippen LogP contribution is 2.17. The van der Waals surface area contributed by atoms with Crippen LogP contribution in [0.4, 0.5) is 4.79 Å². The summed E-state index contributed by atoms with van der Waals surface area (Å²) < 4.78 is 28.2. The SMILES string of the molecule is CCNC(=NCC(C)(C)S(C)(=O)=O)NCC(CC)(CC)NC(=O)OC(C)(C)C. The fourth-order valence-electron chi connectivity index (χ4n) is 2.22. The number of guanidine groups is 1. The van der Waals surface area contributed by atoms with E-state index in [-0.39, 0.29) is 6.54 Å². The van der Waals surface area contributed by atoms with Gasteiger partial charge in [0.15, 0.2) is 15.8 Å². The summed E-state index contributed by atoms with van der Waals surface area (Å²) in [5, 5.41) is 9.33. The Morgan fingerprint density at radius 3 is 1.93 bits per heavy atom. The van der Waals surface area contributed by atoms with Crippen molar-refractivity contribution in [2.45, 2.75) is 84.1 Å². The zero-order valence-electron chi connectivity index (χ0n) is 19.0. The molecule has 0 heterocycles. The van der Waals surface area contributed by atoms with Crippen LogP contribution in [0.25, 0.3) is 0 Å². The number of hydrogen-bond donors (Lipinski definition) is 3. The van der Waals surface area contributed by atoms with Gasteiger partial charge in [-0.15, -0.1) is 0 Å². The van der Waals surface area contributed by atoms with Gasteiger partial charge in [-0.3, -0.25) is 4.99 Å². The van der Waals surface area contributed by atoms with Gasteiger partial charge in [-0.25, -0.2) is 13.2 Å². The number of sulfone groups is 1. The molecule has 0 aromatic carbocycles. The number of aliphatic imine (C=N–C) groups is 1. The highest BCUT2D eigenvalue weighted by molar-refractivity contribution is 7.92. The van der Waals surface area contributed by atoms with E-state index in [0.29, 0.717) is 31.9 Å². The van der Waals surface area contributed by atoms with Crippen LogP contribution in [0.3, 0.4) is 0 Å². The van der Waals surface area contributed by atoms with Crippen molar-refractivity contribution in [3.8, 4) is 0 Å². The lowest BCUT2D eigenvalue weighted by atomic mass is 9.93. The summed E-state index contributed by atoms with van der Waals surface area (Å²) in [7, 11) is -3.24. The maximum absolute atomic E-state index is 12.3. The first kappa shape index (κ1) is 26.5. The maximum atomic E-state index is 12.3. The van der Waals surface area contributed by atoms with Gasteiger partial charge in [-0.2, -0.15) is 0 Å².